The highest BCUT2D eigenvalue weighted by Gasteiger charge is 2.34. The van der Waals surface area contributed by atoms with Crippen LogP contribution in [0.25, 0.3) is 0 Å². The number of aliphatic hydroxyl groups is 1. The molecule has 2 amide bonds. The van der Waals surface area contributed by atoms with Crippen molar-refractivity contribution >= 4 is 17.6 Å². The van der Waals surface area contributed by atoms with Gasteiger partial charge in [0.15, 0.2) is 5.78 Å². The van der Waals surface area contributed by atoms with Crippen LogP contribution in [0, 0.1) is 11.8 Å². The lowest BCUT2D eigenvalue weighted by atomic mass is 10.1. The summed E-state index contributed by atoms with van der Waals surface area (Å²) in [4.78, 5) is 38.0. The molecule has 0 fully saturated rings. The van der Waals surface area contributed by atoms with E-state index < -0.39 is 0 Å². The molecule has 2 aromatic rings. The highest BCUT2D eigenvalue weighted by atomic mass is 16.2. The molecule has 0 saturated heterocycles. The minimum absolute atomic E-state index is 0.0394. The van der Waals surface area contributed by atoms with Gasteiger partial charge in [0.25, 0.3) is 11.8 Å². The highest BCUT2D eigenvalue weighted by Crippen LogP contribution is 2.22. The van der Waals surface area contributed by atoms with E-state index in [4.69, 9.17) is 5.11 Å². The van der Waals surface area contributed by atoms with Crippen LogP contribution in [0.5, 0.6) is 0 Å². The molecule has 1 heterocycles. The molecule has 5 heteroatoms. The van der Waals surface area contributed by atoms with Crippen LogP contribution in [0.3, 0.4) is 0 Å². The van der Waals surface area contributed by atoms with Crippen LogP contribution in [0.4, 0.5) is 0 Å². The first-order chi connectivity index (χ1) is 12.1. The summed E-state index contributed by atoms with van der Waals surface area (Å²) in [6, 6.07) is 13.4. The van der Waals surface area contributed by atoms with Crippen molar-refractivity contribution in [1.29, 1.82) is 0 Å². The topological polar surface area (TPSA) is 74.7 Å². The molecule has 0 atom stereocenters. The van der Waals surface area contributed by atoms with Crippen LogP contribution in [-0.2, 0) is 0 Å². The Balaban J connectivity index is 1.69. The van der Waals surface area contributed by atoms with Crippen LogP contribution in [0.15, 0.2) is 48.5 Å². The summed E-state index contributed by atoms with van der Waals surface area (Å²) < 4.78 is 0. The normalized spacial score (nSPS) is 12.6. The number of nitrogens with zero attached hydrogens (tertiary/aromatic N) is 1. The summed E-state index contributed by atoms with van der Waals surface area (Å²) in [5, 5.41) is 8.73. The van der Waals surface area contributed by atoms with Gasteiger partial charge in [0, 0.05) is 24.1 Å². The molecule has 0 saturated carbocycles. The number of rotatable bonds is 4. The SMILES string of the molecule is O=C(CCN1C(=O)c2ccccc2C1=O)c1cccc(C#CCO)c1. The molecule has 3 rings (SSSR count). The number of aliphatic hydroxyl groups excluding tert-OH is 1. The van der Waals surface area contributed by atoms with E-state index >= 15 is 0 Å². The van der Waals surface area contributed by atoms with E-state index in [0.29, 0.717) is 22.3 Å². The standard InChI is InChI=1S/C20H15NO4/c22-12-4-6-14-5-3-7-15(13-14)18(23)10-11-21-19(24)16-8-1-2-9-17(16)20(21)25/h1-3,5,7-9,13,22H,10-12H2. The van der Waals surface area contributed by atoms with E-state index in [1.54, 1.807) is 48.5 Å². The first kappa shape index (κ1) is 16.6. The molecular weight excluding hydrogens is 318 g/mol. The van der Waals surface area contributed by atoms with Crippen molar-refractivity contribution in [1.82, 2.24) is 4.90 Å². The molecule has 25 heavy (non-hydrogen) atoms. The number of ketones is 1. The second kappa shape index (κ2) is 7.12. The molecule has 0 spiro atoms. The Morgan fingerprint density at radius 1 is 1.00 bits per heavy atom. The fourth-order valence-corrected chi connectivity index (χ4v) is 2.71. The van der Waals surface area contributed by atoms with Crippen molar-refractivity contribution in [3.05, 3.63) is 70.8 Å². The van der Waals surface area contributed by atoms with Gasteiger partial charge in [-0.3, -0.25) is 19.3 Å². The number of benzene rings is 2. The van der Waals surface area contributed by atoms with Gasteiger partial charge in [-0.05, 0) is 24.3 Å². The Kier molecular flexibility index (Phi) is 4.73. The zero-order valence-electron chi connectivity index (χ0n) is 13.4. The van der Waals surface area contributed by atoms with Gasteiger partial charge in [-0.1, -0.05) is 36.1 Å². The average molecular weight is 333 g/mol. The van der Waals surface area contributed by atoms with Crippen molar-refractivity contribution in [3.63, 3.8) is 0 Å². The number of carbonyl (C=O) groups excluding carboxylic acids is 3. The number of imide groups is 1. The zero-order valence-corrected chi connectivity index (χ0v) is 13.4. The van der Waals surface area contributed by atoms with Crippen molar-refractivity contribution < 1.29 is 19.5 Å². The number of Topliss-reactive ketones (excluding diaryl/α,β-unsaturated/α-hetero) is 1. The predicted octanol–water partition coefficient (Wildman–Crippen LogP) is 1.90. The maximum atomic E-state index is 12.4. The second-order valence-corrected chi connectivity index (χ2v) is 5.52. The third-order valence-corrected chi connectivity index (χ3v) is 3.94. The van der Waals surface area contributed by atoms with Crippen molar-refractivity contribution in [2.45, 2.75) is 6.42 Å². The fraction of sp³-hybridized carbons (Fsp3) is 0.150. The quantitative estimate of drug-likeness (QED) is 0.527. The van der Waals surface area contributed by atoms with Gasteiger partial charge >= 0.3 is 0 Å². The summed E-state index contributed by atoms with van der Waals surface area (Å²) in [7, 11) is 0. The lowest BCUT2D eigenvalue weighted by molar-refractivity contribution is 0.0649. The van der Waals surface area contributed by atoms with Crippen molar-refractivity contribution in [2.24, 2.45) is 0 Å². The van der Waals surface area contributed by atoms with Gasteiger partial charge in [-0.2, -0.15) is 0 Å². The third kappa shape index (κ3) is 3.35. The number of hydrogen-bond donors (Lipinski definition) is 1. The van der Waals surface area contributed by atoms with Crippen LogP contribution in [0.1, 0.15) is 43.1 Å². The molecule has 0 aromatic heterocycles. The van der Waals surface area contributed by atoms with Crippen LogP contribution in [-0.4, -0.2) is 40.8 Å². The number of carbonyl (C=O) groups is 3. The summed E-state index contributed by atoms with van der Waals surface area (Å²) in [5.41, 5.74) is 1.84. The van der Waals surface area contributed by atoms with Crippen molar-refractivity contribution in [3.8, 4) is 11.8 Å². The highest BCUT2D eigenvalue weighted by molar-refractivity contribution is 6.21. The number of hydrogen-bond acceptors (Lipinski definition) is 4. The predicted molar refractivity (Wildman–Crippen MR) is 91.2 cm³/mol. The average Bonchev–Trinajstić information content (AvgIpc) is 2.89. The Bertz CT molecular complexity index is 886. The zero-order chi connectivity index (χ0) is 17.8. The van der Waals surface area contributed by atoms with E-state index in [-0.39, 0.29) is 37.2 Å². The number of fused-ring (bicyclic) bond motifs is 1. The van der Waals surface area contributed by atoms with E-state index in [1.807, 2.05) is 0 Å². The maximum absolute atomic E-state index is 12.4. The Morgan fingerprint density at radius 2 is 1.68 bits per heavy atom. The Labute approximate surface area is 144 Å². The lowest BCUT2D eigenvalue weighted by Crippen LogP contribution is -2.31. The van der Waals surface area contributed by atoms with Gasteiger partial charge in [0.1, 0.15) is 6.61 Å². The minimum atomic E-state index is -0.365. The van der Waals surface area contributed by atoms with Crippen molar-refractivity contribution in [2.75, 3.05) is 13.2 Å². The summed E-state index contributed by atoms with van der Waals surface area (Å²) in [6.07, 6.45) is 0.0440. The molecule has 0 radical (unpaired) electrons. The smallest absolute Gasteiger partial charge is 0.261 e. The lowest BCUT2D eigenvalue weighted by Gasteiger charge is -2.13. The molecular formula is C20H15NO4. The summed E-state index contributed by atoms with van der Waals surface area (Å²) in [6.45, 7) is -0.213. The molecule has 2 aromatic carbocycles. The number of amides is 2. The molecule has 5 nitrogen and oxygen atoms in total. The first-order valence-electron chi connectivity index (χ1n) is 7.80. The van der Waals surface area contributed by atoms with E-state index in [1.165, 1.54) is 0 Å². The molecule has 1 aliphatic rings. The molecule has 1 aliphatic heterocycles. The third-order valence-electron chi connectivity index (χ3n) is 3.94. The largest absolute Gasteiger partial charge is 0.384 e. The maximum Gasteiger partial charge on any atom is 0.261 e. The van der Waals surface area contributed by atoms with Gasteiger partial charge in [-0.15, -0.1) is 0 Å². The summed E-state index contributed by atoms with van der Waals surface area (Å²) in [5.74, 6) is 4.36. The molecule has 0 bridgehead atoms. The van der Waals surface area contributed by atoms with Crippen LogP contribution < -0.4 is 0 Å². The van der Waals surface area contributed by atoms with E-state index in [0.717, 1.165) is 4.90 Å². The van der Waals surface area contributed by atoms with Gasteiger partial charge in [0.2, 0.25) is 0 Å². The van der Waals surface area contributed by atoms with Crippen LogP contribution >= 0.6 is 0 Å². The summed E-state index contributed by atoms with van der Waals surface area (Å²) >= 11 is 0. The monoisotopic (exact) mass is 333 g/mol. The molecule has 124 valence electrons. The van der Waals surface area contributed by atoms with Crippen LogP contribution in [0.2, 0.25) is 0 Å². The van der Waals surface area contributed by atoms with Gasteiger partial charge < -0.3 is 5.11 Å². The molecule has 1 N–H and O–H groups in total. The minimum Gasteiger partial charge on any atom is -0.384 e. The second-order valence-electron chi connectivity index (χ2n) is 5.52. The molecule has 0 aliphatic carbocycles. The van der Waals surface area contributed by atoms with Gasteiger partial charge in [-0.25, -0.2) is 0 Å². The van der Waals surface area contributed by atoms with Gasteiger partial charge in [0.05, 0.1) is 11.1 Å². The van der Waals surface area contributed by atoms with E-state index in [2.05, 4.69) is 11.8 Å². The molecule has 0 unspecified atom stereocenters. The Hall–Kier alpha value is -3.23. The van der Waals surface area contributed by atoms with E-state index in [9.17, 15) is 14.4 Å². The Morgan fingerprint density at radius 3 is 2.32 bits per heavy atom. The first-order valence-corrected chi connectivity index (χ1v) is 7.80. The fourth-order valence-electron chi connectivity index (χ4n) is 2.71.